The van der Waals surface area contributed by atoms with Gasteiger partial charge in [0.2, 0.25) is 0 Å². The predicted octanol–water partition coefficient (Wildman–Crippen LogP) is 2.25. The van der Waals surface area contributed by atoms with Crippen LogP contribution < -0.4 is 11.1 Å². The molecule has 3 heteroatoms. The summed E-state index contributed by atoms with van der Waals surface area (Å²) < 4.78 is 0. The summed E-state index contributed by atoms with van der Waals surface area (Å²) in [6, 6.07) is 12.3. The van der Waals surface area contributed by atoms with Crippen molar-refractivity contribution in [1.29, 1.82) is 0 Å². The third-order valence-electron chi connectivity index (χ3n) is 2.61. The van der Waals surface area contributed by atoms with E-state index in [1.54, 1.807) is 0 Å². The van der Waals surface area contributed by atoms with E-state index in [-0.39, 0.29) is 0 Å². The Morgan fingerprint density at radius 2 is 1.93 bits per heavy atom. The first-order chi connectivity index (χ1) is 7.38. The van der Waals surface area contributed by atoms with Gasteiger partial charge in [0.15, 0.2) is 0 Å². The van der Waals surface area contributed by atoms with Crippen LogP contribution in [0, 0.1) is 0 Å². The molecule has 2 aromatic rings. The lowest BCUT2D eigenvalue weighted by Gasteiger charge is -2.17. The third-order valence-corrected chi connectivity index (χ3v) is 2.61. The molecule has 15 heavy (non-hydrogen) atoms. The second kappa shape index (κ2) is 3.07. The van der Waals surface area contributed by atoms with E-state index in [0.717, 1.165) is 17.2 Å². The molecule has 0 saturated carbocycles. The molecule has 2 aromatic carbocycles. The van der Waals surface area contributed by atoms with Crippen molar-refractivity contribution in [3.8, 4) is 0 Å². The van der Waals surface area contributed by atoms with Gasteiger partial charge in [-0.3, -0.25) is 0 Å². The van der Waals surface area contributed by atoms with Crippen LogP contribution in [-0.4, -0.2) is 12.4 Å². The van der Waals surface area contributed by atoms with Crippen LogP contribution in [0.15, 0.2) is 41.4 Å². The number of nitrogens with one attached hydrogen (secondary N) is 1. The van der Waals surface area contributed by atoms with Gasteiger partial charge in [-0.25, -0.2) is 4.99 Å². The van der Waals surface area contributed by atoms with Gasteiger partial charge in [-0.05, 0) is 17.5 Å². The van der Waals surface area contributed by atoms with Crippen LogP contribution in [0.4, 0.5) is 11.4 Å². The second-order valence-electron chi connectivity index (χ2n) is 3.57. The molecule has 0 amide bonds. The summed E-state index contributed by atoms with van der Waals surface area (Å²) in [5, 5.41) is 5.62. The van der Waals surface area contributed by atoms with E-state index in [1.807, 2.05) is 18.2 Å². The Bertz CT molecular complexity index is 553. The van der Waals surface area contributed by atoms with Crippen molar-refractivity contribution in [3.63, 3.8) is 0 Å². The van der Waals surface area contributed by atoms with Gasteiger partial charge in [-0.2, -0.15) is 0 Å². The molecule has 0 aliphatic carbocycles. The number of nitrogens with two attached hydrogens (primary N) is 1. The summed E-state index contributed by atoms with van der Waals surface area (Å²) in [6.45, 7) is 0.435. The third kappa shape index (κ3) is 1.21. The van der Waals surface area contributed by atoms with Gasteiger partial charge in [0.1, 0.15) is 5.84 Å². The predicted molar refractivity (Wildman–Crippen MR) is 63.7 cm³/mol. The van der Waals surface area contributed by atoms with Crippen molar-refractivity contribution < 1.29 is 0 Å². The lowest BCUT2D eigenvalue weighted by atomic mass is 10.1. The molecule has 0 bridgehead atoms. The monoisotopic (exact) mass is 197 g/mol. The summed E-state index contributed by atoms with van der Waals surface area (Å²) in [6.07, 6.45) is 0. The maximum absolute atomic E-state index is 5.59. The number of benzene rings is 2. The smallest absolute Gasteiger partial charge is 0.120 e. The maximum atomic E-state index is 5.59. The van der Waals surface area contributed by atoms with E-state index in [4.69, 9.17) is 5.73 Å². The molecule has 0 atom stereocenters. The van der Waals surface area contributed by atoms with Crippen LogP contribution in [-0.2, 0) is 0 Å². The largest absolute Gasteiger partial charge is 0.342 e. The number of nitrogens with zero attached hydrogens (tertiary/aromatic N) is 1. The number of amidine groups is 1. The Balaban J connectivity index is 2.38. The summed E-state index contributed by atoms with van der Waals surface area (Å²) in [4.78, 5) is 4.46. The molecule has 0 unspecified atom stereocenters. The van der Waals surface area contributed by atoms with Crippen LogP contribution in [0.5, 0.6) is 0 Å². The van der Waals surface area contributed by atoms with Gasteiger partial charge in [0, 0.05) is 11.1 Å². The molecule has 74 valence electrons. The minimum atomic E-state index is 0.435. The van der Waals surface area contributed by atoms with Crippen molar-refractivity contribution in [2.24, 2.45) is 10.7 Å². The minimum absolute atomic E-state index is 0.435. The number of hydrogen-bond acceptors (Lipinski definition) is 3. The summed E-state index contributed by atoms with van der Waals surface area (Å²) in [5.41, 5.74) is 7.69. The summed E-state index contributed by atoms with van der Waals surface area (Å²) >= 11 is 0. The van der Waals surface area contributed by atoms with Crippen molar-refractivity contribution in [3.05, 3.63) is 36.4 Å². The van der Waals surface area contributed by atoms with Gasteiger partial charge in [0.05, 0.1) is 12.2 Å². The Kier molecular flexibility index (Phi) is 1.73. The molecular formula is C12H11N3. The van der Waals surface area contributed by atoms with Crippen LogP contribution in [0.25, 0.3) is 10.8 Å². The Hall–Kier alpha value is -1.87. The topological polar surface area (TPSA) is 50.4 Å². The minimum Gasteiger partial charge on any atom is -0.342 e. The van der Waals surface area contributed by atoms with E-state index >= 15 is 0 Å². The zero-order chi connectivity index (χ0) is 10.3. The van der Waals surface area contributed by atoms with E-state index in [2.05, 4.69) is 28.5 Å². The SMILES string of the molecule is NCC1=Nc2cccc3cccc(c23)N1. The molecular weight excluding hydrogens is 186 g/mol. The van der Waals surface area contributed by atoms with Crippen LogP contribution in [0.1, 0.15) is 0 Å². The normalized spacial score (nSPS) is 13.5. The number of anilines is 1. The molecule has 0 aromatic heterocycles. The molecule has 3 rings (SSSR count). The van der Waals surface area contributed by atoms with Gasteiger partial charge in [-0.15, -0.1) is 0 Å². The number of aliphatic imine (C=N–C) groups is 1. The molecule has 1 heterocycles. The first kappa shape index (κ1) is 8.44. The highest BCUT2D eigenvalue weighted by molar-refractivity contribution is 6.13. The zero-order valence-corrected chi connectivity index (χ0v) is 8.20. The van der Waals surface area contributed by atoms with Crippen molar-refractivity contribution in [2.75, 3.05) is 11.9 Å². The van der Waals surface area contributed by atoms with E-state index in [0.29, 0.717) is 6.54 Å². The number of hydrogen-bond donors (Lipinski definition) is 2. The lowest BCUT2D eigenvalue weighted by molar-refractivity contribution is 1.27. The van der Waals surface area contributed by atoms with Gasteiger partial charge >= 0.3 is 0 Å². The van der Waals surface area contributed by atoms with E-state index < -0.39 is 0 Å². The first-order valence-electron chi connectivity index (χ1n) is 4.95. The summed E-state index contributed by atoms with van der Waals surface area (Å²) in [7, 11) is 0. The summed E-state index contributed by atoms with van der Waals surface area (Å²) in [5.74, 6) is 0.821. The molecule has 1 aliphatic heterocycles. The first-order valence-corrected chi connectivity index (χ1v) is 4.95. The highest BCUT2D eigenvalue weighted by Gasteiger charge is 2.12. The maximum Gasteiger partial charge on any atom is 0.120 e. The van der Waals surface area contributed by atoms with E-state index in [9.17, 15) is 0 Å². The molecule has 1 aliphatic rings. The molecule has 0 fully saturated rings. The fourth-order valence-electron chi connectivity index (χ4n) is 1.94. The average Bonchev–Trinajstić information content (AvgIpc) is 2.29. The van der Waals surface area contributed by atoms with Crippen LogP contribution in [0.3, 0.4) is 0 Å². The van der Waals surface area contributed by atoms with Gasteiger partial charge in [0.25, 0.3) is 0 Å². The fraction of sp³-hybridized carbons (Fsp3) is 0.0833. The molecule has 3 N–H and O–H groups in total. The lowest BCUT2D eigenvalue weighted by Crippen LogP contribution is -2.23. The Morgan fingerprint density at radius 1 is 1.13 bits per heavy atom. The van der Waals surface area contributed by atoms with Crippen molar-refractivity contribution >= 4 is 28.0 Å². The highest BCUT2D eigenvalue weighted by atomic mass is 15.0. The highest BCUT2D eigenvalue weighted by Crippen LogP contribution is 2.35. The van der Waals surface area contributed by atoms with Gasteiger partial charge in [-0.1, -0.05) is 24.3 Å². The molecule has 0 saturated heterocycles. The molecule has 3 nitrogen and oxygen atoms in total. The van der Waals surface area contributed by atoms with E-state index in [1.165, 1.54) is 10.8 Å². The van der Waals surface area contributed by atoms with Gasteiger partial charge < -0.3 is 11.1 Å². The molecule has 0 spiro atoms. The van der Waals surface area contributed by atoms with Crippen LogP contribution >= 0.6 is 0 Å². The van der Waals surface area contributed by atoms with Crippen molar-refractivity contribution in [1.82, 2.24) is 0 Å². The second-order valence-corrected chi connectivity index (χ2v) is 3.57. The molecule has 0 radical (unpaired) electrons. The zero-order valence-electron chi connectivity index (χ0n) is 8.20. The standard InChI is InChI=1S/C12H11N3/c13-7-11-14-9-5-1-3-8-4-2-6-10(15-11)12(8)9/h1-6H,7,13H2,(H,14,15). The average molecular weight is 197 g/mol. The fourth-order valence-corrected chi connectivity index (χ4v) is 1.94. The quantitative estimate of drug-likeness (QED) is 0.736. The number of rotatable bonds is 1. The van der Waals surface area contributed by atoms with Crippen LogP contribution in [0.2, 0.25) is 0 Å². The van der Waals surface area contributed by atoms with Crippen molar-refractivity contribution in [2.45, 2.75) is 0 Å². The Morgan fingerprint density at radius 3 is 2.73 bits per heavy atom. The Labute approximate surface area is 87.6 Å².